The van der Waals surface area contributed by atoms with Crippen LogP contribution in [0, 0.1) is 5.41 Å². The first-order valence-corrected chi connectivity index (χ1v) is 8.30. The lowest BCUT2D eigenvalue weighted by atomic mass is 9.68. The summed E-state index contributed by atoms with van der Waals surface area (Å²) in [5, 5.41) is 0. The van der Waals surface area contributed by atoms with Crippen molar-refractivity contribution in [2.45, 2.75) is 38.3 Å². The Morgan fingerprint density at radius 1 is 1.24 bits per heavy atom. The standard InChI is InChI=1S/C19H23NO5/c1-2-12-24-18(23)19(11-7-6-10-15(19)21)16(20)17(22)25-13-14-8-4-3-5-9-14/h2-5,8-9,16H,1,6-7,10-13,20H2. The number of carbonyl (C=O) groups is 3. The van der Waals surface area contributed by atoms with Gasteiger partial charge in [0.15, 0.2) is 11.2 Å². The lowest BCUT2D eigenvalue weighted by Gasteiger charge is -2.36. The monoisotopic (exact) mass is 345 g/mol. The Bertz CT molecular complexity index is 642. The number of ether oxygens (including phenoxy) is 2. The molecule has 0 heterocycles. The summed E-state index contributed by atoms with van der Waals surface area (Å²) >= 11 is 0. The van der Waals surface area contributed by atoms with Gasteiger partial charge in [-0.25, -0.2) is 0 Å². The molecule has 1 aromatic carbocycles. The molecule has 0 aromatic heterocycles. The van der Waals surface area contributed by atoms with Crippen LogP contribution in [0.2, 0.25) is 0 Å². The van der Waals surface area contributed by atoms with Crippen molar-refractivity contribution in [3.8, 4) is 0 Å². The third kappa shape index (κ3) is 4.14. The normalized spacial score (nSPS) is 21.2. The van der Waals surface area contributed by atoms with E-state index in [2.05, 4.69) is 6.58 Å². The molecule has 6 heteroatoms. The SMILES string of the molecule is C=CCOC(=O)C1(C(N)C(=O)OCc2ccccc2)CCCCC1=O. The van der Waals surface area contributed by atoms with Gasteiger partial charge in [-0.3, -0.25) is 14.4 Å². The molecule has 1 aliphatic rings. The van der Waals surface area contributed by atoms with Crippen LogP contribution in [0.1, 0.15) is 31.2 Å². The first-order chi connectivity index (χ1) is 12.0. The van der Waals surface area contributed by atoms with Crippen molar-refractivity contribution in [2.24, 2.45) is 11.1 Å². The van der Waals surface area contributed by atoms with Crippen LogP contribution in [0.25, 0.3) is 0 Å². The second kappa shape index (κ2) is 8.58. The number of benzene rings is 1. The molecule has 25 heavy (non-hydrogen) atoms. The highest BCUT2D eigenvalue weighted by molar-refractivity contribution is 6.08. The van der Waals surface area contributed by atoms with Crippen LogP contribution in [-0.4, -0.2) is 30.4 Å². The predicted octanol–water partition coefficient (Wildman–Crippen LogP) is 1.92. The summed E-state index contributed by atoms with van der Waals surface area (Å²) < 4.78 is 10.3. The molecule has 0 amide bonds. The maximum Gasteiger partial charge on any atom is 0.324 e. The maximum atomic E-state index is 12.5. The largest absolute Gasteiger partial charge is 0.461 e. The van der Waals surface area contributed by atoms with E-state index in [-0.39, 0.29) is 31.8 Å². The van der Waals surface area contributed by atoms with Crippen molar-refractivity contribution in [1.29, 1.82) is 0 Å². The Morgan fingerprint density at radius 2 is 1.96 bits per heavy atom. The van der Waals surface area contributed by atoms with Gasteiger partial charge in [0.2, 0.25) is 0 Å². The van der Waals surface area contributed by atoms with Gasteiger partial charge >= 0.3 is 11.9 Å². The van der Waals surface area contributed by atoms with Gasteiger partial charge in [0.1, 0.15) is 19.3 Å². The molecule has 1 aromatic rings. The Kier molecular flexibility index (Phi) is 6.47. The van der Waals surface area contributed by atoms with Crippen molar-refractivity contribution in [3.05, 3.63) is 48.6 Å². The van der Waals surface area contributed by atoms with E-state index in [1.165, 1.54) is 6.08 Å². The van der Waals surface area contributed by atoms with E-state index >= 15 is 0 Å². The molecule has 0 saturated heterocycles. The molecule has 0 bridgehead atoms. The van der Waals surface area contributed by atoms with Crippen molar-refractivity contribution >= 4 is 17.7 Å². The van der Waals surface area contributed by atoms with Gasteiger partial charge in [0.25, 0.3) is 0 Å². The molecular formula is C19H23NO5. The average molecular weight is 345 g/mol. The van der Waals surface area contributed by atoms with Gasteiger partial charge in [-0.1, -0.05) is 49.4 Å². The van der Waals surface area contributed by atoms with Crippen molar-refractivity contribution in [2.75, 3.05) is 6.61 Å². The van der Waals surface area contributed by atoms with Gasteiger partial charge in [0.05, 0.1) is 0 Å². The van der Waals surface area contributed by atoms with E-state index in [4.69, 9.17) is 15.2 Å². The van der Waals surface area contributed by atoms with Gasteiger partial charge in [-0.05, 0) is 18.4 Å². The third-order valence-electron chi connectivity index (χ3n) is 4.43. The van der Waals surface area contributed by atoms with E-state index in [1.807, 2.05) is 18.2 Å². The van der Waals surface area contributed by atoms with Crippen molar-refractivity contribution < 1.29 is 23.9 Å². The Balaban J connectivity index is 2.15. The minimum absolute atomic E-state index is 0.0271. The van der Waals surface area contributed by atoms with Gasteiger partial charge in [-0.15, -0.1) is 0 Å². The van der Waals surface area contributed by atoms with E-state index < -0.39 is 23.4 Å². The summed E-state index contributed by atoms with van der Waals surface area (Å²) in [6.45, 7) is 3.46. The van der Waals surface area contributed by atoms with Crippen LogP contribution >= 0.6 is 0 Å². The van der Waals surface area contributed by atoms with E-state index in [0.717, 1.165) is 5.56 Å². The van der Waals surface area contributed by atoms with E-state index in [1.54, 1.807) is 12.1 Å². The minimum atomic E-state index is -1.67. The lowest BCUT2D eigenvalue weighted by Crippen LogP contribution is -2.58. The number of ketones is 1. The number of rotatable bonds is 7. The number of hydrogen-bond acceptors (Lipinski definition) is 6. The Labute approximate surface area is 147 Å². The second-order valence-electron chi connectivity index (χ2n) is 6.06. The number of Topliss-reactive ketones (excluding diaryl/α,β-unsaturated/α-hetero) is 1. The molecule has 0 radical (unpaired) electrons. The highest BCUT2D eigenvalue weighted by atomic mass is 16.5. The highest BCUT2D eigenvalue weighted by Crippen LogP contribution is 2.37. The fraction of sp³-hybridized carbons (Fsp3) is 0.421. The summed E-state index contributed by atoms with van der Waals surface area (Å²) in [7, 11) is 0. The second-order valence-corrected chi connectivity index (χ2v) is 6.06. The molecule has 2 unspecified atom stereocenters. The molecule has 1 fully saturated rings. The number of hydrogen-bond donors (Lipinski definition) is 1. The fourth-order valence-electron chi connectivity index (χ4n) is 3.01. The number of esters is 2. The van der Waals surface area contributed by atoms with Crippen LogP contribution < -0.4 is 5.73 Å². The fourth-order valence-corrected chi connectivity index (χ4v) is 3.01. The number of nitrogens with two attached hydrogens (primary N) is 1. The molecule has 1 aliphatic carbocycles. The van der Waals surface area contributed by atoms with Gasteiger partial charge < -0.3 is 15.2 Å². The molecule has 2 rings (SSSR count). The summed E-state index contributed by atoms with van der Waals surface area (Å²) in [4.78, 5) is 37.5. The molecule has 2 atom stereocenters. The van der Waals surface area contributed by atoms with Gasteiger partial charge in [-0.2, -0.15) is 0 Å². The highest BCUT2D eigenvalue weighted by Gasteiger charge is 2.55. The molecule has 0 aliphatic heterocycles. The Morgan fingerprint density at radius 3 is 2.60 bits per heavy atom. The number of carbonyl (C=O) groups excluding carboxylic acids is 3. The lowest BCUT2D eigenvalue weighted by molar-refractivity contribution is -0.170. The molecule has 2 N–H and O–H groups in total. The third-order valence-corrected chi connectivity index (χ3v) is 4.43. The minimum Gasteiger partial charge on any atom is -0.461 e. The summed E-state index contributed by atoms with van der Waals surface area (Å²) in [5.74, 6) is -1.92. The average Bonchev–Trinajstić information content (AvgIpc) is 2.65. The summed E-state index contributed by atoms with van der Waals surface area (Å²) in [6.07, 6.45) is 3.07. The molecular weight excluding hydrogens is 322 g/mol. The molecule has 0 spiro atoms. The van der Waals surface area contributed by atoms with Crippen molar-refractivity contribution in [3.63, 3.8) is 0 Å². The van der Waals surface area contributed by atoms with Crippen LogP contribution in [0.3, 0.4) is 0 Å². The van der Waals surface area contributed by atoms with Crippen LogP contribution in [0.5, 0.6) is 0 Å². The summed E-state index contributed by atoms with van der Waals surface area (Å²) in [6, 6.07) is 7.71. The van der Waals surface area contributed by atoms with E-state index in [9.17, 15) is 14.4 Å². The molecule has 1 saturated carbocycles. The zero-order chi connectivity index (χ0) is 18.3. The van der Waals surface area contributed by atoms with Crippen LogP contribution in [0.15, 0.2) is 43.0 Å². The first kappa shape index (κ1) is 18.9. The zero-order valence-electron chi connectivity index (χ0n) is 14.1. The van der Waals surface area contributed by atoms with Gasteiger partial charge in [0, 0.05) is 6.42 Å². The first-order valence-electron chi connectivity index (χ1n) is 8.30. The predicted molar refractivity (Wildman–Crippen MR) is 91.3 cm³/mol. The topological polar surface area (TPSA) is 95.7 Å². The molecule has 6 nitrogen and oxygen atoms in total. The quantitative estimate of drug-likeness (QED) is 0.461. The molecule has 134 valence electrons. The Hall–Kier alpha value is -2.47. The maximum absolute atomic E-state index is 12.5. The zero-order valence-corrected chi connectivity index (χ0v) is 14.1. The smallest absolute Gasteiger partial charge is 0.324 e. The van der Waals surface area contributed by atoms with Crippen molar-refractivity contribution in [1.82, 2.24) is 0 Å². The van der Waals surface area contributed by atoms with E-state index in [0.29, 0.717) is 12.8 Å². The summed E-state index contributed by atoms with van der Waals surface area (Å²) in [5.41, 5.74) is 5.15. The van der Waals surface area contributed by atoms with Crippen LogP contribution in [-0.2, 0) is 30.5 Å². The van der Waals surface area contributed by atoms with Crippen LogP contribution in [0.4, 0.5) is 0 Å².